The molecule has 0 bridgehead atoms. The molecule has 2 heterocycles. The fourth-order valence-electron chi connectivity index (χ4n) is 3.17. The van der Waals surface area contributed by atoms with Gasteiger partial charge in [0.05, 0.1) is 6.54 Å². The largest absolute Gasteiger partial charge is 0.354 e. The summed E-state index contributed by atoms with van der Waals surface area (Å²) in [7, 11) is 0. The summed E-state index contributed by atoms with van der Waals surface area (Å²) in [6, 6.07) is 9.12. The molecule has 0 unspecified atom stereocenters. The summed E-state index contributed by atoms with van der Waals surface area (Å²) in [6.07, 6.45) is 0.973. The summed E-state index contributed by atoms with van der Waals surface area (Å²) in [4.78, 5) is 33.1. The standard InChI is InChI=1S/C21H26N6O2/c1-13(2)23-19(28)11-10-17-14(3)24-21-25-18(26-27(21)15(17)4)12-22-20(29)16-8-6-5-7-9-16/h5-9,13H,10-12H2,1-4H3,(H,22,29)(H,23,28). The zero-order valence-electron chi connectivity index (χ0n) is 17.2. The maximum absolute atomic E-state index is 12.2. The summed E-state index contributed by atoms with van der Waals surface area (Å²) >= 11 is 0. The molecule has 2 aromatic heterocycles. The van der Waals surface area contributed by atoms with E-state index >= 15 is 0 Å². The van der Waals surface area contributed by atoms with Crippen LogP contribution in [-0.4, -0.2) is 37.4 Å². The van der Waals surface area contributed by atoms with E-state index in [0.29, 0.717) is 30.0 Å². The van der Waals surface area contributed by atoms with Gasteiger partial charge in [0.15, 0.2) is 5.82 Å². The van der Waals surface area contributed by atoms with E-state index in [1.54, 1.807) is 16.6 Å². The lowest BCUT2D eigenvalue weighted by Gasteiger charge is -2.11. The molecule has 3 aromatic rings. The number of rotatable bonds is 7. The SMILES string of the molecule is Cc1nc2nc(CNC(=O)c3ccccc3)nn2c(C)c1CCC(=O)NC(C)C. The van der Waals surface area contributed by atoms with Crippen LogP contribution in [-0.2, 0) is 17.8 Å². The molecular formula is C21H26N6O2. The Labute approximate surface area is 169 Å². The minimum Gasteiger partial charge on any atom is -0.354 e. The Kier molecular flexibility index (Phi) is 6.21. The van der Waals surface area contributed by atoms with Gasteiger partial charge in [-0.1, -0.05) is 18.2 Å². The van der Waals surface area contributed by atoms with Gasteiger partial charge in [-0.2, -0.15) is 4.98 Å². The summed E-state index contributed by atoms with van der Waals surface area (Å²) in [6.45, 7) is 7.94. The van der Waals surface area contributed by atoms with Crippen molar-refractivity contribution in [3.63, 3.8) is 0 Å². The molecule has 0 saturated carbocycles. The number of aromatic nitrogens is 4. The number of amides is 2. The van der Waals surface area contributed by atoms with Crippen LogP contribution in [0.2, 0.25) is 0 Å². The average molecular weight is 394 g/mol. The van der Waals surface area contributed by atoms with Crippen molar-refractivity contribution < 1.29 is 9.59 Å². The Morgan fingerprint density at radius 2 is 1.83 bits per heavy atom. The van der Waals surface area contributed by atoms with Crippen molar-refractivity contribution in [3.8, 4) is 0 Å². The first-order valence-electron chi connectivity index (χ1n) is 9.69. The molecule has 0 fully saturated rings. The Balaban J connectivity index is 1.73. The predicted molar refractivity (Wildman–Crippen MR) is 109 cm³/mol. The third-order valence-corrected chi connectivity index (χ3v) is 4.59. The number of carbonyl (C=O) groups excluding carboxylic acids is 2. The van der Waals surface area contributed by atoms with E-state index in [0.717, 1.165) is 17.0 Å². The minimum atomic E-state index is -0.179. The molecule has 8 heteroatoms. The number of aryl methyl sites for hydroxylation is 2. The molecule has 0 aliphatic heterocycles. The van der Waals surface area contributed by atoms with Gasteiger partial charge in [0.2, 0.25) is 5.91 Å². The smallest absolute Gasteiger partial charge is 0.252 e. The van der Waals surface area contributed by atoms with Crippen LogP contribution in [0.25, 0.3) is 5.78 Å². The molecular weight excluding hydrogens is 368 g/mol. The highest BCUT2D eigenvalue weighted by molar-refractivity contribution is 5.94. The minimum absolute atomic E-state index is 0.0156. The predicted octanol–water partition coefficient (Wildman–Crippen LogP) is 2.13. The molecule has 3 rings (SSSR count). The molecule has 29 heavy (non-hydrogen) atoms. The van der Waals surface area contributed by atoms with Crippen LogP contribution in [0.5, 0.6) is 0 Å². The number of hydrogen-bond acceptors (Lipinski definition) is 5. The summed E-state index contributed by atoms with van der Waals surface area (Å²) in [5.41, 5.74) is 3.31. The molecule has 0 spiro atoms. The van der Waals surface area contributed by atoms with Gasteiger partial charge in [0, 0.05) is 29.4 Å². The van der Waals surface area contributed by atoms with Crippen LogP contribution >= 0.6 is 0 Å². The third-order valence-electron chi connectivity index (χ3n) is 4.59. The van der Waals surface area contributed by atoms with Crippen LogP contribution in [0.15, 0.2) is 30.3 Å². The number of benzene rings is 1. The van der Waals surface area contributed by atoms with Crippen LogP contribution in [0.1, 0.15) is 53.4 Å². The zero-order valence-corrected chi connectivity index (χ0v) is 17.2. The quantitative estimate of drug-likeness (QED) is 0.639. The molecule has 2 N–H and O–H groups in total. The topological polar surface area (TPSA) is 101 Å². The van der Waals surface area contributed by atoms with Crippen molar-refractivity contribution in [3.05, 3.63) is 58.7 Å². The van der Waals surface area contributed by atoms with Gasteiger partial charge in [-0.25, -0.2) is 9.50 Å². The van der Waals surface area contributed by atoms with Gasteiger partial charge in [-0.15, -0.1) is 5.10 Å². The Bertz CT molecular complexity index is 1030. The molecule has 8 nitrogen and oxygen atoms in total. The fraction of sp³-hybridized carbons (Fsp3) is 0.381. The van der Waals surface area contributed by atoms with Crippen molar-refractivity contribution in [2.75, 3.05) is 0 Å². The monoisotopic (exact) mass is 394 g/mol. The van der Waals surface area contributed by atoms with Crippen molar-refractivity contribution in [2.24, 2.45) is 0 Å². The molecule has 152 valence electrons. The highest BCUT2D eigenvalue weighted by atomic mass is 16.2. The second-order valence-electron chi connectivity index (χ2n) is 7.27. The fourth-order valence-corrected chi connectivity index (χ4v) is 3.17. The highest BCUT2D eigenvalue weighted by Crippen LogP contribution is 2.16. The summed E-state index contributed by atoms with van der Waals surface area (Å²) < 4.78 is 1.67. The van der Waals surface area contributed by atoms with Crippen molar-refractivity contribution in [2.45, 2.75) is 53.1 Å². The van der Waals surface area contributed by atoms with Crippen LogP contribution in [0.4, 0.5) is 0 Å². The van der Waals surface area contributed by atoms with E-state index in [1.807, 2.05) is 45.9 Å². The van der Waals surface area contributed by atoms with Gasteiger partial charge in [-0.05, 0) is 51.8 Å². The highest BCUT2D eigenvalue weighted by Gasteiger charge is 2.15. The molecule has 0 saturated heterocycles. The van der Waals surface area contributed by atoms with Crippen molar-refractivity contribution >= 4 is 17.6 Å². The number of carbonyl (C=O) groups is 2. The molecule has 0 aliphatic rings. The Morgan fingerprint density at radius 1 is 1.10 bits per heavy atom. The van der Waals surface area contributed by atoms with Crippen LogP contribution in [0, 0.1) is 13.8 Å². The first kappa shape index (κ1) is 20.4. The lowest BCUT2D eigenvalue weighted by atomic mass is 10.1. The molecule has 0 aliphatic carbocycles. The van der Waals surface area contributed by atoms with E-state index in [1.165, 1.54) is 0 Å². The van der Waals surface area contributed by atoms with Crippen LogP contribution in [0.3, 0.4) is 0 Å². The second-order valence-corrected chi connectivity index (χ2v) is 7.27. The number of fused-ring (bicyclic) bond motifs is 1. The van der Waals surface area contributed by atoms with E-state index in [4.69, 9.17) is 0 Å². The number of nitrogens with one attached hydrogen (secondary N) is 2. The lowest BCUT2D eigenvalue weighted by Crippen LogP contribution is -2.30. The Hall–Kier alpha value is -3.29. The van der Waals surface area contributed by atoms with Gasteiger partial charge < -0.3 is 10.6 Å². The average Bonchev–Trinajstić information content (AvgIpc) is 3.09. The van der Waals surface area contributed by atoms with Crippen molar-refractivity contribution in [1.29, 1.82) is 0 Å². The molecule has 0 atom stereocenters. The first-order chi connectivity index (χ1) is 13.8. The lowest BCUT2D eigenvalue weighted by molar-refractivity contribution is -0.121. The van der Waals surface area contributed by atoms with Gasteiger partial charge >= 0.3 is 0 Å². The van der Waals surface area contributed by atoms with Gasteiger partial charge in [0.25, 0.3) is 11.7 Å². The van der Waals surface area contributed by atoms with E-state index in [-0.39, 0.29) is 24.4 Å². The van der Waals surface area contributed by atoms with Gasteiger partial charge in [-0.3, -0.25) is 9.59 Å². The van der Waals surface area contributed by atoms with Crippen LogP contribution < -0.4 is 10.6 Å². The molecule has 2 amide bonds. The number of nitrogens with zero attached hydrogens (tertiary/aromatic N) is 4. The summed E-state index contributed by atoms with van der Waals surface area (Å²) in [5, 5.41) is 10.2. The first-order valence-corrected chi connectivity index (χ1v) is 9.69. The molecule has 1 aromatic carbocycles. The summed E-state index contributed by atoms with van der Waals surface area (Å²) in [5.74, 6) is 0.808. The van der Waals surface area contributed by atoms with Crippen molar-refractivity contribution in [1.82, 2.24) is 30.2 Å². The normalized spacial score (nSPS) is 11.1. The van der Waals surface area contributed by atoms with E-state index in [2.05, 4.69) is 25.7 Å². The second kappa shape index (κ2) is 8.81. The zero-order chi connectivity index (χ0) is 21.0. The number of hydrogen-bond donors (Lipinski definition) is 2. The Morgan fingerprint density at radius 3 is 2.52 bits per heavy atom. The van der Waals surface area contributed by atoms with Gasteiger partial charge in [0.1, 0.15) is 0 Å². The van der Waals surface area contributed by atoms with E-state index in [9.17, 15) is 9.59 Å². The third kappa shape index (κ3) is 4.96. The molecule has 0 radical (unpaired) electrons. The maximum Gasteiger partial charge on any atom is 0.252 e. The van der Waals surface area contributed by atoms with E-state index < -0.39 is 0 Å². The maximum atomic E-state index is 12.2.